The highest BCUT2D eigenvalue weighted by molar-refractivity contribution is 7.17. The lowest BCUT2D eigenvalue weighted by atomic mass is 9.81. The molecule has 2 fully saturated rings. The molecule has 2 aromatic rings. The monoisotopic (exact) mass is 417 g/mol. The van der Waals surface area contributed by atoms with Crippen LogP contribution >= 0.6 is 11.3 Å². The van der Waals surface area contributed by atoms with Crippen LogP contribution in [0.3, 0.4) is 0 Å². The third-order valence-electron chi connectivity index (χ3n) is 6.33. The molecule has 29 heavy (non-hydrogen) atoms. The van der Waals surface area contributed by atoms with Crippen molar-refractivity contribution in [1.29, 1.82) is 0 Å². The minimum Gasteiger partial charge on any atom is -0.338 e. The second-order valence-electron chi connectivity index (χ2n) is 8.21. The maximum Gasteiger partial charge on any atom is 0.327 e. The lowest BCUT2D eigenvalue weighted by Gasteiger charge is -2.35. The number of rotatable bonds is 4. The molecule has 0 N–H and O–H groups in total. The number of hydrogen-bond donors (Lipinski definition) is 0. The number of carbonyl (C=O) groups excluding carboxylic acids is 3. The summed E-state index contributed by atoms with van der Waals surface area (Å²) in [6.45, 7) is 4.11. The van der Waals surface area contributed by atoms with Gasteiger partial charge in [-0.05, 0) is 26.7 Å². The Morgan fingerprint density at radius 2 is 1.93 bits per heavy atom. The third kappa shape index (κ3) is 3.11. The molecule has 2 aromatic heterocycles. The topological polar surface area (TPSA) is 78.2 Å². The zero-order valence-corrected chi connectivity index (χ0v) is 18.2. The van der Waals surface area contributed by atoms with E-state index in [9.17, 15) is 14.4 Å². The fourth-order valence-corrected chi connectivity index (χ4v) is 5.43. The molecule has 1 saturated carbocycles. The van der Waals surface area contributed by atoms with Crippen molar-refractivity contribution < 1.29 is 14.4 Å². The van der Waals surface area contributed by atoms with Gasteiger partial charge >= 0.3 is 6.03 Å². The van der Waals surface area contributed by atoms with E-state index in [1.54, 1.807) is 35.2 Å². The summed E-state index contributed by atoms with van der Waals surface area (Å²) in [7, 11) is 3.39. The van der Waals surface area contributed by atoms with Crippen LogP contribution in [-0.4, -0.2) is 68.1 Å². The van der Waals surface area contributed by atoms with E-state index in [-0.39, 0.29) is 24.4 Å². The second kappa shape index (κ2) is 7.12. The predicted molar refractivity (Wildman–Crippen MR) is 110 cm³/mol. The summed E-state index contributed by atoms with van der Waals surface area (Å²) in [4.78, 5) is 49.6. The summed E-state index contributed by atoms with van der Waals surface area (Å²) in [6, 6.07) is -0.366. The van der Waals surface area contributed by atoms with E-state index in [4.69, 9.17) is 0 Å². The minimum absolute atomic E-state index is 0.218. The van der Waals surface area contributed by atoms with Crippen molar-refractivity contribution in [2.24, 2.45) is 0 Å². The fourth-order valence-electron chi connectivity index (χ4n) is 4.54. The number of nitrogens with zero attached hydrogens (tertiary/aromatic N) is 5. The molecule has 1 aliphatic carbocycles. The first-order valence-corrected chi connectivity index (χ1v) is 10.8. The number of thiazole rings is 1. The summed E-state index contributed by atoms with van der Waals surface area (Å²) in [5.74, 6) is -0.475. The molecule has 0 unspecified atom stereocenters. The molecule has 1 aliphatic heterocycles. The first kappa shape index (κ1) is 19.9. The Morgan fingerprint density at radius 3 is 2.62 bits per heavy atom. The van der Waals surface area contributed by atoms with E-state index in [0.29, 0.717) is 19.4 Å². The van der Waals surface area contributed by atoms with Gasteiger partial charge in [-0.3, -0.25) is 18.9 Å². The summed E-state index contributed by atoms with van der Waals surface area (Å²) in [6.07, 6.45) is 6.32. The zero-order chi connectivity index (χ0) is 20.9. The number of urea groups is 1. The highest BCUT2D eigenvalue weighted by Gasteiger charge is 2.55. The Morgan fingerprint density at radius 1 is 1.24 bits per heavy atom. The van der Waals surface area contributed by atoms with Crippen molar-refractivity contribution in [2.45, 2.75) is 58.0 Å². The van der Waals surface area contributed by atoms with Crippen LogP contribution in [0.4, 0.5) is 4.79 Å². The highest BCUT2D eigenvalue weighted by atomic mass is 32.1. The number of aryl methyl sites for hydroxylation is 2. The van der Waals surface area contributed by atoms with Gasteiger partial charge in [0.2, 0.25) is 5.91 Å². The lowest BCUT2D eigenvalue weighted by Crippen LogP contribution is -2.49. The van der Waals surface area contributed by atoms with E-state index in [2.05, 4.69) is 4.98 Å². The van der Waals surface area contributed by atoms with Gasteiger partial charge in [0.05, 0.1) is 17.9 Å². The Kier molecular flexibility index (Phi) is 4.88. The zero-order valence-electron chi connectivity index (χ0n) is 17.4. The molecule has 1 saturated heterocycles. The Bertz CT molecular complexity index is 988. The van der Waals surface area contributed by atoms with Gasteiger partial charge in [0, 0.05) is 25.2 Å². The Hall–Kier alpha value is -2.42. The predicted octanol–water partition coefficient (Wildman–Crippen LogP) is 2.57. The van der Waals surface area contributed by atoms with Gasteiger partial charge in [0.1, 0.15) is 12.1 Å². The number of fused-ring (bicyclic) bond motifs is 1. The van der Waals surface area contributed by atoms with Gasteiger partial charge in [0.25, 0.3) is 5.91 Å². The molecule has 0 atom stereocenters. The third-order valence-corrected chi connectivity index (χ3v) is 7.23. The summed E-state index contributed by atoms with van der Waals surface area (Å²) in [5, 5.41) is 0. The van der Waals surface area contributed by atoms with Crippen LogP contribution in [0.5, 0.6) is 0 Å². The number of amides is 4. The first-order valence-electron chi connectivity index (χ1n) is 10.0. The van der Waals surface area contributed by atoms with Crippen molar-refractivity contribution in [3.8, 4) is 0 Å². The molecule has 0 aromatic carbocycles. The van der Waals surface area contributed by atoms with Crippen LogP contribution < -0.4 is 0 Å². The molecule has 9 heteroatoms. The van der Waals surface area contributed by atoms with E-state index in [1.165, 1.54) is 0 Å². The maximum atomic E-state index is 13.1. The van der Waals surface area contributed by atoms with Crippen LogP contribution in [-0.2, 0) is 16.1 Å². The number of aromatic nitrogens is 2. The van der Waals surface area contributed by atoms with E-state index >= 15 is 0 Å². The van der Waals surface area contributed by atoms with Gasteiger partial charge < -0.3 is 9.80 Å². The van der Waals surface area contributed by atoms with Crippen LogP contribution in [0.1, 0.15) is 48.4 Å². The van der Waals surface area contributed by atoms with Crippen LogP contribution in [0.2, 0.25) is 0 Å². The number of imide groups is 1. The molecule has 4 amide bonds. The van der Waals surface area contributed by atoms with Gasteiger partial charge in [-0.1, -0.05) is 19.3 Å². The number of carbonyl (C=O) groups is 3. The summed E-state index contributed by atoms with van der Waals surface area (Å²) < 4.78 is 2.01. The maximum absolute atomic E-state index is 13.1. The van der Waals surface area contributed by atoms with Gasteiger partial charge in [-0.25, -0.2) is 9.78 Å². The molecule has 0 radical (unpaired) electrons. The molecule has 0 bridgehead atoms. The smallest absolute Gasteiger partial charge is 0.327 e. The molecule has 8 nitrogen and oxygen atoms in total. The molecule has 156 valence electrons. The van der Waals surface area contributed by atoms with Gasteiger partial charge in [0.15, 0.2) is 4.96 Å². The van der Waals surface area contributed by atoms with Crippen LogP contribution in [0.15, 0.2) is 6.20 Å². The Balaban J connectivity index is 1.49. The minimum atomic E-state index is -0.753. The number of likely N-dealkylation sites (N-methyl/N-ethyl adjacent to an activating group) is 2. The van der Waals surface area contributed by atoms with Crippen molar-refractivity contribution in [2.75, 3.05) is 20.6 Å². The van der Waals surface area contributed by atoms with E-state index in [0.717, 1.165) is 45.4 Å². The highest BCUT2D eigenvalue weighted by Crippen LogP contribution is 2.39. The molecule has 1 spiro atoms. The average molecular weight is 418 g/mol. The van der Waals surface area contributed by atoms with E-state index in [1.807, 2.05) is 24.4 Å². The number of imidazole rings is 1. The molecular weight excluding hydrogens is 390 g/mol. The Labute approximate surface area is 174 Å². The fraction of sp³-hybridized carbons (Fsp3) is 0.600. The van der Waals surface area contributed by atoms with Crippen molar-refractivity contribution in [3.05, 3.63) is 22.5 Å². The largest absolute Gasteiger partial charge is 0.338 e. The van der Waals surface area contributed by atoms with Crippen molar-refractivity contribution in [3.63, 3.8) is 0 Å². The molecule has 3 heterocycles. The van der Waals surface area contributed by atoms with Crippen LogP contribution in [0, 0.1) is 13.8 Å². The normalized spacial score (nSPS) is 19.0. The number of hydrogen-bond acceptors (Lipinski definition) is 5. The molecular formula is C20H27N5O3S. The molecule has 2 aliphatic rings. The average Bonchev–Trinajstić information content (AvgIpc) is 3.24. The summed E-state index contributed by atoms with van der Waals surface area (Å²) >= 11 is 1.61. The SMILES string of the molecule is Cc1cn2c(CN(C)C(=O)CN3C(=O)N(C)C4(CCCCC4)C3=O)c(C)nc2s1. The van der Waals surface area contributed by atoms with Crippen molar-refractivity contribution >= 4 is 34.1 Å². The van der Waals surface area contributed by atoms with Gasteiger partial charge in [-0.2, -0.15) is 0 Å². The quantitative estimate of drug-likeness (QED) is 0.717. The van der Waals surface area contributed by atoms with Gasteiger partial charge in [-0.15, -0.1) is 11.3 Å². The molecule has 4 rings (SSSR count). The van der Waals surface area contributed by atoms with Crippen molar-refractivity contribution in [1.82, 2.24) is 24.1 Å². The first-order chi connectivity index (χ1) is 13.7. The van der Waals surface area contributed by atoms with E-state index < -0.39 is 5.54 Å². The second-order valence-corrected chi connectivity index (χ2v) is 9.43. The standard InChI is InChI=1S/C20H27N5O3S/c1-13-10-24-15(14(2)21-18(24)29-13)11-22(3)16(26)12-25-17(27)20(23(4)19(25)28)8-6-5-7-9-20/h10H,5-9,11-12H2,1-4H3. The van der Waals surface area contributed by atoms with Crippen LogP contribution in [0.25, 0.3) is 4.96 Å². The summed E-state index contributed by atoms with van der Waals surface area (Å²) in [5.41, 5.74) is 1.07. The lowest BCUT2D eigenvalue weighted by molar-refractivity contribution is -0.140.